The Kier molecular flexibility index (Phi) is 57.4. The van der Waals surface area contributed by atoms with Crippen molar-refractivity contribution in [2.45, 2.75) is 171 Å². The van der Waals surface area contributed by atoms with Crippen molar-refractivity contribution < 1.29 is 0 Å². The van der Waals surface area contributed by atoms with Gasteiger partial charge >= 0.3 is 0 Å². The Labute approximate surface area is 171 Å². The predicted octanol–water partition coefficient (Wildman–Crippen LogP) is 11.1. The maximum absolute atomic E-state index is 2.00. The summed E-state index contributed by atoms with van der Waals surface area (Å²) in [6, 6.07) is 0. The van der Waals surface area contributed by atoms with Gasteiger partial charge in [0.2, 0.25) is 0 Å². The van der Waals surface area contributed by atoms with Crippen molar-refractivity contribution in [2.24, 2.45) is 0 Å². The van der Waals surface area contributed by atoms with Crippen LogP contribution in [0.25, 0.3) is 0 Å². The number of rotatable bonds is 0. The molecule has 0 aromatic carbocycles. The maximum Gasteiger partial charge on any atom is -0.0533 e. The molecule has 0 aliphatic heterocycles. The average Bonchev–Trinajstić information content (AvgIpc) is 2.83. The van der Waals surface area contributed by atoms with Gasteiger partial charge in [-0.05, 0) is 0 Å². The van der Waals surface area contributed by atoms with Crippen LogP contribution in [0.2, 0.25) is 0 Å². The highest BCUT2D eigenvalue weighted by Gasteiger charge is 1.96. The molecule has 3 fully saturated rings. The first-order valence-electron chi connectivity index (χ1n) is 13.0. The first-order valence-corrected chi connectivity index (χ1v) is 13.0. The van der Waals surface area contributed by atoms with Gasteiger partial charge in [0, 0.05) is 0 Å². The lowest BCUT2D eigenvalue weighted by Gasteiger charge is -2.05. The fourth-order valence-corrected chi connectivity index (χ4v) is 3.18. The van der Waals surface area contributed by atoms with Crippen LogP contribution >= 0.6 is 0 Å². The lowest BCUT2D eigenvalue weighted by Crippen LogP contribution is -1.85. The van der Waals surface area contributed by atoms with Crippen molar-refractivity contribution in [1.82, 2.24) is 0 Å². The fraction of sp³-hybridized carbons (Fsp3) is 1.00. The zero-order valence-electron chi connectivity index (χ0n) is 20.7. The Morgan fingerprint density at radius 1 is 0.154 bits per heavy atom. The molecular weight excluding hydrogens is 312 g/mol. The van der Waals surface area contributed by atoms with E-state index in [9.17, 15) is 0 Å². The standard InChI is InChI=1S/3C6H12.4C2H6/c3*1-2-4-6-5-3-1;4*1-2/h3*1-6H2;4*1-2H3. The molecule has 0 saturated heterocycles. The lowest BCUT2D eigenvalue weighted by molar-refractivity contribution is 0.504. The summed E-state index contributed by atoms with van der Waals surface area (Å²) in [6.07, 6.45) is 27.0. The number of hydrogen-bond donors (Lipinski definition) is 0. The van der Waals surface area contributed by atoms with E-state index in [0.29, 0.717) is 0 Å². The van der Waals surface area contributed by atoms with E-state index in [1.54, 1.807) is 0 Å². The minimum absolute atomic E-state index is 1.50. The first-order chi connectivity index (χ1) is 13.0. The third-order valence-electron chi connectivity index (χ3n) is 4.50. The zero-order valence-corrected chi connectivity index (χ0v) is 20.7. The highest BCUT2D eigenvalue weighted by molar-refractivity contribution is 4.52. The summed E-state index contributed by atoms with van der Waals surface area (Å²) in [5.41, 5.74) is 0. The first kappa shape index (κ1) is 33.6. The van der Waals surface area contributed by atoms with E-state index in [1.165, 1.54) is 116 Å². The zero-order chi connectivity index (χ0) is 20.7. The van der Waals surface area contributed by atoms with E-state index < -0.39 is 0 Å². The fourth-order valence-electron chi connectivity index (χ4n) is 3.18. The average molecular weight is 373 g/mol. The Balaban J connectivity index is -0.000000117. The second-order valence-electron chi connectivity index (χ2n) is 6.36. The van der Waals surface area contributed by atoms with Crippen molar-refractivity contribution in [3.8, 4) is 0 Å². The Morgan fingerprint density at radius 3 is 0.231 bits per heavy atom. The second-order valence-corrected chi connectivity index (χ2v) is 6.36. The van der Waals surface area contributed by atoms with Gasteiger partial charge in [-0.25, -0.2) is 0 Å². The van der Waals surface area contributed by atoms with Gasteiger partial charge in [-0.2, -0.15) is 0 Å². The second kappa shape index (κ2) is 44.4. The van der Waals surface area contributed by atoms with Crippen molar-refractivity contribution in [3.63, 3.8) is 0 Å². The van der Waals surface area contributed by atoms with E-state index in [-0.39, 0.29) is 0 Å². The van der Waals surface area contributed by atoms with Crippen LogP contribution in [-0.4, -0.2) is 0 Å². The van der Waals surface area contributed by atoms with E-state index in [2.05, 4.69) is 0 Å². The molecular formula is C26H60. The Morgan fingerprint density at radius 2 is 0.192 bits per heavy atom. The molecule has 164 valence electrons. The molecule has 0 atom stereocenters. The van der Waals surface area contributed by atoms with Crippen molar-refractivity contribution in [3.05, 3.63) is 0 Å². The summed E-state index contributed by atoms with van der Waals surface area (Å²) in [7, 11) is 0. The molecule has 0 aromatic rings. The molecule has 3 saturated carbocycles. The van der Waals surface area contributed by atoms with Gasteiger partial charge in [-0.15, -0.1) is 0 Å². The smallest absolute Gasteiger partial charge is 0.0533 e. The molecule has 26 heavy (non-hydrogen) atoms. The molecule has 0 aromatic heterocycles. The predicted molar refractivity (Wildman–Crippen MR) is 128 cm³/mol. The third-order valence-corrected chi connectivity index (χ3v) is 4.50. The van der Waals surface area contributed by atoms with Gasteiger partial charge in [-0.3, -0.25) is 0 Å². The summed E-state index contributed by atoms with van der Waals surface area (Å²) < 4.78 is 0. The van der Waals surface area contributed by atoms with Gasteiger partial charge in [0.15, 0.2) is 0 Å². The van der Waals surface area contributed by atoms with Crippen LogP contribution in [0.5, 0.6) is 0 Å². The van der Waals surface area contributed by atoms with E-state index in [0.717, 1.165) is 0 Å². The third kappa shape index (κ3) is 39.2. The molecule has 3 aliphatic rings. The summed E-state index contributed by atoms with van der Waals surface area (Å²) in [5.74, 6) is 0. The molecule has 0 radical (unpaired) electrons. The summed E-state index contributed by atoms with van der Waals surface area (Å²) in [4.78, 5) is 0. The van der Waals surface area contributed by atoms with E-state index in [1.807, 2.05) is 55.4 Å². The Bertz CT molecular complexity index is 75.1. The molecule has 0 heterocycles. The topological polar surface area (TPSA) is 0 Å². The molecule has 3 rings (SSSR count). The normalized spacial score (nSPS) is 17.5. The van der Waals surface area contributed by atoms with Crippen LogP contribution in [0.15, 0.2) is 0 Å². The minimum Gasteiger partial charge on any atom is -0.0683 e. The highest BCUT2D eigenvalue weighted by Crippen LogP contribution is 2.16. The molecule has 0 unspecified atom stereocenters. The van der Waals surface area contributed by atoms with Crippen LogP contribution in [0.3, 0.4) is 0 Å². The van der Waals surface area contributed by atoms with Gasteiger partial charge in [0.25, 0.3) is 0 Å². The van der Waals surface area contributed by atoms with Gasteiger partial charge in [0.05, 0.1) is 0 Å². The maximum atomic E-state index is 2.00. The minimum atomic E-state index is 1.50. The summed E-state index contributed by atoms with van der Waals surface area (Å²) >= 11 is 0. The number of hydrogen-bond acceptors (Lipinski definition) is 0. The van der Waals surface area contributed by atoms with Gasteiger partial charge < -0.3 is 0 Å². The van der Waals surface area contributed by atoms with Crippen molar-refractivity contribution in [1.29, 1.82) is 0 Å². The monoisotopic (exact) mass is 372 g/mol. The van der Waals surface area contributed by atoms with Gasteiger partial charge in [0.1, 0.15) is 0 Å². The lowest BCUT2D eigenvalue weighted by atomic mass is 10.0. The molecule has 0 N–H and O–H groups in total. The highest BCUT2D eigenvalue weighted by atomic mass is 14.0. The summed E-state index contributed by atoms with van der Waals surface area (Å²) in [6.45, 7) is 16.0. The van der Waals surface area contributed by atoms with E-state index in [4.69, 9.17) is 0 Å². The SMILES string of the molecule is C1CCCCC1.C1CCCCC1.C1CCCCC1.CC.CC.CC.CC. The van der Waals surface area contributed by atoms with Crippen LogP contribution in [0.4, 0.5) is 0 Å². The molecule has 3 aliphatic carbocycles. The Hall–Kier alpha value is 0. The van der Waals surface area contributed by atoms with E-state index >= 15 is 0 Å². The molecule has 0 spiro atoms. The molecule has 0 bridgehead atoms. The quantitative estimate of drug-likeness (QED) is 0.396. The van der Waals surface area contributed by atoms with Crippen molar-refractivity contribution in [2.75, 3.05) is 0 Å². The largest absolute Gasteiger partial charge is 0.0683 e. The summed E-state index contributed by atoms with van der Waals surface area (Å²) in [5, 5.41) is 0. The van der Waals surface area contributed by atoms with Crippen LogP contribution in [0, 0.1) is 0 Å². The molecule has 0 heteroatoms. The van der Waals surface area contributed by atoms with Crippen LogP contribution in [0.1, 0.15) is 171 Å². The van der Waals surface area contributed by atoms with Crippen LogP contribution < -0.4 is 0 Å². The molecule has 0 amide bonds. The van der Waals surface area contributed by atoms with Crippen molar-refractivity contribution >= 4 is 0 Å². The van der Waals surface area contributed by atoms with Gasteiger partial charge in [-0.1, -0.05) is 171 Å². The molecule has 0 nitrogen and oxygen atoms in total. The van der Waals surface area contributed by atoms with Crippen LogP contribution in [-0.2, 0) is 0 Å².